The van der Waals surface area contributed by atoms with Gasteiger partial charge in [0.25, 0.3) is 0 Å². The van der Waals surface area contributed by atoms with Crippen molar-refractivity contribution in [1.29, 1.82) is 0 Å². The van der Waals surface area contributed by atoms with Gasteiger partial charge in [-0.1, -0.05) is 13.8 Å². The number of hydrogen-bond acceptors (Lipinski definition) is 3. The van der Waals surface area contributed by atoms with Crippen LogP contribution in [0.5, 0.6) is 0 Å². The summed E-state index contributed by atoms with van der Waals surface area (Å²) >= 11 is 0. The van der Waals surface area contributed by atoms with Crippen molar-refractivity contribution < 1.29 is 14.3 Å². The number of esters is 1. The van der Waals surface area contributed by atoms with Gasteiger partial charge in [-0.25, -0.2) is 4.79 Å². The third kappa shape index (κ3) is 1.34. The number of rotatable bonds is 2. The zero-order valence-electron chi connectivity index (χ0n) is 36.3. The van der Waals surface area contributed by atoms with E-state index in [1.165, 1.54) is 141 Å². The molecule has 5 aliphatic rings. The molecule has 4 aliphatic carbocycles. The molecule has 0 saturated carbocycles. The summed E-state index contributed by atoms with van der Waals surface area (Å²) in [4.78, 5) is 15.9. The van der Waals surface area contributed by atoms with Crippen molar-refractivity contribution in [2.24, 2.45) is 5.92 Å². The Bertz CT molecular complexity index is 7120. The van der Waals surface area contributed by atoms with Gasteiger partial charge in [0, 0.05) is 17.0 Å². The van der Waals surface area contributed by atoms with Crippen molar-refractivity contribution in [3.63, 3.8) is 0 Å². The third-order valence-corrected chi connectivity index (χ3v) is 25.0. The minimum Gasteiger partial charge on any atom is -0.479 e. The minimum absolute atomic E-state index is 0.0318. The van der Waals surface area contributed by atoms with Crippen molar-refractivity contribution in [3.8, 4) is 0 Å². The number of hydrogen-bond donors (Lipinski definition) is 0. The topological polar surface area (TPSA) is 35.5 Å². The second-order valence-corrected chi connectivity index (χ2v) is 25.7. The first-order chi connectivity index (χ1) is 34.6. The highest BCUT2D eigenvalue weighted by molar-refractivity contribution is 6.82. The normalized spacial score (nSPS) is 22.6. The number of allylic oxidation sites excluding steroid dienone is 1. The summed E-state index contributed by atoms with van der Waals surface area (Å²) in [5.41, 5.74) is 4.50. The minimum atomic E-state index is -0.971. The molecule has 0 fully saturated rings. The maximum atomic E-state index is 15.9. The molecule has 0 unspecified atom stereocenters. The van der Waals surface area contributed by atoms with Crippen LogP contribution in [0.2, 0.25) is 0 Å². The van der Waals surface area contributed by atoms with E-state index in [0.717, 1.165) is 11.3 Å². The van der Waals surface area contributed by atoms with Crippen molar-refractivity contribution in [3.05, 3.63) is 33.6 Å². The van der Waals surface area contributed by atoms with E-state index in [0.29, 0.717) is 0 Å². The number of methoxy groups -OCH3 is 1. The Labute approximate surface area is 380 Å². The molecular weight excluding hydrogens is 853 g/mol. The predicted octanol–water partition coefficient (Wildman–Crippen LogP) is 17.4. The SMILES string of the molecule is COC(=O)C1=C(C(C)C)OC23c4c5c6c7c8c9c(c%10c%11c2c2c4c4c%12c5c5c6c6c8c8c%13c9c9c%10c%10c%11c%11c2c2c4c4c%12c%12c5c5c6c8c6c8c%13c9c9c%10c%10c%11c2c2c4c4c%12c5c6c5c8c9c%10c2c45)C173. The second kappa shape index (κ2) is 5.83. The maximum Gasteiger partial charge on any atom is 0.338 e. The molecule has 3 nitrogen and oxygen atoms in total. The average Bonchev–Trinajstić information content (AvgIpc) is 4.23. The molecule has 0 aromatic heterocycles. The van der Waals surface area contributed by atoms with Crippen LogP contribution in [-0.4, -0.2) is 13.1 Å². The van der Waals surface area contributed by atoms with Crippen LogP contribution < -0.4 is 0 Å². The molecule has 0 atom stereocenters. The third-order valence-electron chi connectivity index (χ3n) is 25.0. The first kappa shape index (κ1) is 26.3. The molecule has 33 rings (SSSR count). The van der Waals surface area contributed by atoms with Gasteiger partial charge in [0.2, 0.25) is 0 Å². The van der Waals surface area contributed by atoms with Crippen LogP contribution in [0.3, 0.4) is 0 Å². The van der Waals surface area contributed by atoms with E-state index in [2.05, 4.69) is 13.8 Å². The Morgan fingerprint density at radius 3 is 0.643 bits per heavy atom. The predicted molar refractivity (Wildman–Crippen MR) is 289 cm³/mol. The van der Waals surface area contributed by atoms with E-state index >= 15 is 4.79 Å². The molecule has 28 aromatic rings. The number of carbonyl (C=O) groups is 1. The van der Waals surface area contributed by atoms with Crippen LogP contribution in [0.15, 0.2) is 11.3 Å². The molecular formula is C67H10O3. The van der Waals surface area contributed by atoms with E-state index in [4.69, 9.17) is 9.47 Å². The summed E-state index contributed by atoms with van der Waals surface area (Å²) < 4.78 is 14.8. The first-order valence-corrected chi connectivity index (χ1v) is 25.9. The lowest BCUT2D eigenvalue weighted by molar-refractivity contribution is -0.137. The zero-order chi connectivity index (χ0) is 42.2. The van der Waals surface area contributed by atoms with Gasteiger partial charge in [-0.2, -0.15) is 0 Å². The average molecular weight is 863 g/mol. The van der Waals surface area contributed by atoms with E-state index in [1.807, 2.05) is 0 Å². The van der Waals surface area contributed by atoms with Crippen LogP contribution in [0.1, 0.15) is 36.1 Å². The van der Waals surface area contributed by atoms with Crippen molar-refractivity contribution in [2.75, 3.05) is 7.11 Å². The van der Waals surface area contributed by atoms with Crippen molar-refractivity contribution in [1.82, 2.24) is 0 Å². The molecule has 70 heavy (non-hydrogen) atoms. The van der Waals surface area contributed by atoms with Gasteiger partial charge in [0.15, 0.2) is 5.60 Å². The summed E-state index contributed by atoms with van der Waals surface area (Å²) in [7, 11) is 1.64. The highest BCUT2D eigenvalue weighted by Crippen LogP contribution is 2.86. The molecule has 2 spiro atoms. The van der Waals surface area contributed by atoms with Gasteiger partial charge >= 0.3 is 5.97 Å². The van der Waals surface area contributed by atoms with Gasteiger partial charge in [-0.3, -0.25) is 0 Å². The van der Waals surface area contributed by atoms with Crippen LogP contribution in [-0.2, 0) is 25.3 Å². The van der Waals surface area contributed by atoms with Crippen LogP contribution >= 0.6 is 0 Å². The van der Waals surface area contributed by atoms with Gasteiger partial charge < -0.3 is 9.47 Å². The van der Waals surface area contributed by atoms with Crippen molar-refractivity contribution >= 4 is 297 Å². The lowest BCUT2D eigenvalue weighted by atomic mass is 9.52. The summed E-state index contributed by atoms with van der Waals surface area (Å²) in [5, 5.41) is 83.5. The number of ether oxygens (including phenoxy) is 2. The van der Waals surface area contributed by atoms with Crippen molar-refractivity contribution in [2.45, 2.75) is 24.9 Å². The fourth-order valence-corrected chi connectivity index (χ4v) is 24.9. The molecule has 1 heterocycles. The summed E-state index contributed by atoms with van der Waals surface area (Å²) in [6.07, 6.45) is 0. The summed E-state index contributed by atoms with van der Waals surface area (Å²) in [6.45, 7) is 4.55. The standard InChI is InChI=1S/C67H10O3/c1-4(2)64-63(65(68)69-3)66-59-51-43-33-23-15-7-5-6-9-13-11(7)19-27-21(13)31-25-17(9)18-10(6)14-12-8(5)16(15)24-30-20(12)28-22(14)32-26(18)36-35(25)47-41(31)49-39(27)45(37(43)29(19)23)53(59)55(49)61-57(47)58-48(36)42(32)50-40(28)46-38(30)44(34(24)33)52(51)60(66)54(46)56(50)62(58)67(61,66)70-64/h4H,1-3H3. The molecule has 0 bridgehead atoms. The van der Waals surface area contributed by atoms with Gasteiger partial charge in [-0.15, -0.1) is 0 Å². The fraction of sp³-hybridized carbons (Fsp3) is 0.0896. The Balaban J connectivity index is 1.21. The van der Waals surface area contributed by atoms with E-state index in [9.17, 15) is 0 Å². The molecule has 0 saturated heterocycles. The van der Waals surface area contributed by atoms with Gasteiger partial charge in [0.1, 0.15) is 11.2 Å². The molecule has 3 heteroatoms. The molecule has 0 N–H and O–H groups in total. The molecule has 28 aromatic carbocycles. The van der Waals surface area contributed by atoms with Gasteiger partial charge in [0.05, 0.1) is 12.7 Å². The highest BCUT2D eigenvalue weighted by Gasteiger charge is 2.77. The second-order valence-electron chi connectivity index (χ2n) is 25.7. The van der Waals surface area contributed by atoms with Crippen LogP contribution in [0.4, 0.5) is 0 Å². The molecule has 0 radical (unpaired) electrons. The zero-order valence-corrected chi connectivity index (χ0v) is 36.3. The largest absolute Gasteiger partial charge is 0.479 e. The molecule has 1 aliphatic heterocycles. The summed E-state index contributed by atoms with van der Waals surface area (Å²) in [6, 6.07) is 0. The van der Waals surface area contributed by atoms with Crippen LogP contribution in [0.25, 0.3) is 291 Å². The highest BCUT2D eigenvalue weighted by atomic mass is 16.5. The van der Waals surface area contributed by atoms with E-state index in [1.54, 1.807) is 179 Å². The first-order valence-electron chi connectivity index (χ1n) is 25.9. The Kier molecular flexibility index (Phi) is 2.19. The Morgan fingerprint density at radius 1 is 0.300 bits per heavy atom. The lowest BCUT2D eigenvalue weighted by Gasteiger charge is -2.49. The number of benzene rings is 18. The van der Waals surface area contributed by atoms with E-state index < -0.39 is 11.0 Å². The molecule has 0 amide bonds. The molecule has 296 valence electrons. The van der Waals surface area contributed by atoms with Gasteiger partial charge in [-0.05, 0) is 302 Å². The Morgan fingerprint density at radius 2 is 0.471 bits per heavy atom. The number of carbonyl (C=O) groups excluding carboxylic acids is 1. The summed E-state index contributed by atoms with van der Waals surface area (Å²) in [5.74, 6) is 0.607. The fourth-order valence-electron chi connectivity index (χ4n) is 24.9. The monoisotopic (exact) mass is 862 g/mol. The maximum absolute atomic E-state index is 15.9. The smallest absolute Gasteiger partial charge is 0.338 e. The Hall–Kier alpha value is -8.53. The van der Waals surface area contributed by atoms with E-state index in [-0.39, 0.29) is 11.9 Å². The lowest BCUT2D eigenvalue weighted by Crippen LogP contribution is -2.52. The van der Waals surface area contributed by atoms with Crippen LogP contribution in [0, 0.1) is 5.92 Å². The quantitative estimate of drug-likeness (QED) is 0.128.